The van der Waals surface area contributed by atoms with Gasteiger partial charge < -0.3 is 10.1 Å². The molecule has 1 saturated heterocycles. The Morgan fingerprint density at radius 2 is 2.29 bits per heavy atom. The molecule has 0 saturated carbocycles. The van der Waals surface area contributed by atoms with Gasteiger partial charge >= 0.3 is 0 Å². The molecule has 2 aromatic rings. The lowest BCUT2D eigenvalue weighted by Crippen LogP contribution is -2.17. The van der Waals surface area contributed by atoms with E-state index in [-0.39, 0.29) is 5.91 Å². The van der Waals surface area contributed by atoms with E-state index in [1.807, 2.05) is 0 Å². The molecule has 1 N–H and O–H groups in total. The van der Waals surface area contributed by atoms with Crippen LogP contribution in [0.3, 0.4) is 0 Å². The molecule has 0 unspecified atom stereocenters. The summed E-state index contributed by atoms with van der Waals surface area (Å²) in [5.74, 6) is 0.838. The summed E-state index contributed by atoms with van der Waals surface area (Å²) < 4.78 is 7.16. The topological polar surface area (TPSA) is 56.2 Å². The summed E-state index contributed by atoms with van der Waals surface area (Å²) in [5.41, 5.74) is 0.691. The number of hydrogen-bond donors (Lipinski definition) is 1. The van der Waals surface area contributed by atoms with Gasteiger partial charge in [-0.05, 0) is 24.1 Å². The number of nitrogens with zero attached hydrogens (tertiary/aromatic N) is 2. The number of halogens is 2. The Morgan fingerprint density at radius 1 is 1.42 bits per heavy atom. The molecule has 126 valence electrons. The molecule has 0 radical (unpaired) electrons. The number of aromatic nitrogens is 2. The van der Waals surface area contributed by atoms with Crippen molar-refractivity contribution < 1.29 is 9.53 Å². The first-order valence-corrected chi connectivity index (χ1v) is 8.41. The maximum Gasteiger partial charge on any atom is 0.249 e. The molecule has 3 rings (SSSR count). The van der Waals surface area contributed by atoms with Gasteiger partial charge in [-0.1, -0.05) is 35.3 Å². The van der Waals surface area contributed by atoms with Gasteiger partial charge in [0.05, 0.1) is 22.8 Å². The predicted octanol–water partition coefficient (Wildman–Crippen LogP) is 3.88. The summed E-state index contributed by atoms with van der Waals surface area (Å²) in [6, 6.07) is 7.05. The number of carbonyl (C=O) groups is 1. The van der Waals surface area contributed by atoms with E-state index in [0.717, 1.165) is 26.2 Å². The van der Waals surface area contributed by atoms with E-state index in [9.17, 15) is 4.79 Å². The number of hydrogen-bond acceptors (Lipinski definition) is 3. The Hall–Kier alpha value is -1.82. The van der Waals surface area contributed by atoms with Gasteiger partial charge in [0.2, 0.25) is 5.91 Å². The van der Waals surface area contributed by atoms with Crippen molar-refractivity contribution in [2.75, 3.05) is 18.5 Å². The molecule has 7 heteroatoms. The van der Waals surface area contributed by atoms with Crippen LogP contribution >= 0.6 is 23.2 Å². The Kier molecular flexibility index (Phi) is 5.56. The maximum absolute atomic E-state index is 12.1. The average molecular weight is 366 g/mol. The fraction of sp³-hybridized carbons (Fsp3) is 0.294. The van der Waals surface area contributed by atoms with Gasteiger partial charge in [0.15, 0.2) is 0 Å². The Morgan fingerprint density at radius 3 is 3.08 bits per heavy atom. The number of amides is 1. The molecule has 1 aliphatic heterocycles. The molecule has 0 aliphatic carbocycles. The standard InChI is InChI=1S/C17H17Cl2N3O2/c18-14-3-1-2-13(17(14)19)4-5-16(23)21-15-6-8-20-22(15)10-12-7-9-24-11-12/h1-6,8,12H,7,9-11H2,(H,21,23)/b5-4+/t12-/m0/s1. The predicted molar refractivity (Wildman–Crippen MR) is 95.3 cm³/mol. The third-order valence-corrected chi connectivity index (χ3v) is 4.65. The minimum absolute atomic E-state index is 0.254. The van der Waals surface area contributed by atoms with Crippen LogP contribution in [-0.4, -0.2) is 28.9 Å². The van der Waals surface area contributed by atoms with Crippen LogP contribution < -0.4 is 5.32 Å². The minimum Gasteiger partial charge on any atom is -0.381 e. The smallest absolute Gasteiger partial charge is 0.249 e. The monoisotopic (exact) mass is 365 g/mol. The average Bonchev–Trinajstić information content (AvgIpc) is 3.22. The summed E-state index contributed by atoms with van der Waals surface area (Å²) >= 11 is 12.1. The van der Waals surface area contributed by atoms with Gasteiger partial charge in [-0.25, -0.2) is 4.68 Å². The summed E-state index contributed by atoms with van der Waals surface area (Å²) in [6.07, 6.45) is 5.74. The van der Waals surface area contributed by atoms with Crippen molar-refractivity contribution in [1.29, 1.82) is 0 Å². The van der Waals surface area contributed by atoms with Crippen LogP contribution in [0.5, 0.6) is 0 Å². The number of nitrogens with one attached hydrogen (secondary N) is 1. The first-order valence-electron chi connectivity index (χ1n) is 7.66. The number of ether oxygens (including phenoxy) is 1. The zero-order chi connectivity index (χ0) is 16.9. The van der Waals surface area contributed by atoms with E-state index in [1.165, 1.54) is 6.08 Å². The van der Waals surface area contributed by atoms with Crippen molar-refractivity contribution in [1.82, 2.24) is 9.78 Å². The lowest BCUT2D eigenvalue weighted by atomic mass is 10.1. The lowest BCUT2D eigenvalue weighted by molar-refractivity contribution is -0.111. The lowest BCUT2D eigenvalue weighted by Gasteiger charge is -2.11. The molecule has 1 fully saturated rings. The number of carbonyl (C=O) groups excluding carboxylic acids is 1. The molecule has 1 amide bonds. The van der Waals surface area contributed by atoms with Crippen molar-refractivity contribution >= 4 is 41.0 Å². The Labute approximate surface area is 150 Å². The molecule has 0 bridgehead atoms. The molecule has 1 atom stereocenters. The van der Waals surface area contributed by atoms with E-state index in [1.54, 1.807) is 41.2 Å². The zero-order valence-electron chi connectivity index (χ0n) is 12.9. The Bertz CT molecular complexity index is 752. The van der Waals surface area contributed by atoms with Gasteiger partial charge in [-0.3, -0.25) is 4.79 Å². The molecule has 1 aromatic carbocycles. The van der Waals surface area contributed by atoms with E-state index in [4.69, 9.17) is 27.9 Å². The highest BCUT2D eigenvalue weighted by atomic mass is 35.5. The second-order valence-electron chi connectivity index (χ2n) is 5.59. The maximum atomic E-state index is 12.1. The van der Waals surface area contributed by atoms with Crippen LogP contribution in [0, 0.1) is 5.92 Å². The van der Waals surface area contributed by atoms with Crippen LogP contribution in [0.2, 0.25) is 10.0 Å². The molecule has 0 spiro atoms. The molecular formula is C17H17Cl2N3O2. The quantitative estimate of drug-likeness (QED) is 0.818. The molecule has 1 aliphatic rings. The van der Waals surface area contributed by atoms with Crippen LogP contribution in [0.1, 0.15) is 12.0 Å². The number of anilines is 1. The third kappa shape index (κ3) is 4.17. The molecule has 2 heterocycles. The number of benzene rings is 1. The normalized spacial score (nSPS) is 17.5. The summed E-state index contributed by atoms with van der Waals surface area (Å²) in [5, 5.41) is 7.97. The van der Waals surface area contributed by atoms with Crippen molar-refractivity contribution in [2.24, 2.45) is 5.92 Å². The fourth-order valence-corrected chi connectivity index (χ4v) is 2.91. The highest BCUT2D eigenvalue weighted by Crippen LogP contribution is 2.26. The summed E-state index contributed by atoms with van der Waals surface area (Å²) in [6.45, 7) is 2.25. The van der Waals surface area contributed by atoms with Crippen molar-refractivity contribution in [3.05, 3.63) is 52.1 Å². The highest BCUT2D eigenvalue weighted by Gasteiger charge is 2.18. The van der Waals surface area contributed by atoms with Crippen LogP contribution in [-0.2, 0) is 16.1 Å². The second-order valence-corrected chi connectivity index (χ2v) is 6.38. The van der Waals surface area contributed by atoms with Gasteiger partial charge in [-0.2, -0.15) is 5.10 Å². The largest absolute Gasteiger partial charge is 0.381 e. The van der Waals surface area contributed by atoms with Gasteiger partial charge in [-0.15, -0.1) is 0 Å². The van der Waals surface area contributed by atoms with Crippen molar-refractivity contribution in [2.45, 2.75) is 13.0 Å². The zero-order valence-corrected chi connectivity index (χ0v) is 14.4. The van der Waals surface area contributed by atoms with Crippen LogP contribution in [0.15, 0.2) is 36.5 Å². The van der Waals surface area contributed by atoms with Crippen LogP contribution in [0.25, 0.3) is 6.08 Å². The highest BCUT2D eigenvalue weighted by molar-refractivity contribution is 6.42. The third-order valence-electron chi connectivity index (χ3n) is 3.82. The fourth-order valence-electron chi connectivity index (χ4n) is 2.54. The SMILES string of the molecule is O=C(/C=C/c1cccc(Cl)c1Cl)Nc1ccnn1C[C@@H]1CCOC1. The van der Waals surface area contributed by atoms with Gasteiger partial charge in [0, 0.05) is 31.2 Å². The molecule has 5 nitrogen and oxygen atoms in total. The van der Waals surface area contributed by atoms with Gasteiger partial charge in [0.1, 0.15) is 5.82 Å². The summed E-state index contributed by atoms with van der Waals surface area (Å²) in [7, 11) is 0. The molecule has 24 heavy (non-hydrogen) atoms. The minimum atomic E-state index is -0.254. The first-order chi connectivity index (χ1) is 11.6. The van der Waals surface area contributed by atoms with E-state index >= 15 is 0 Å². The first kappa shape index (κ1) is 17.0. The van der Waals surface area contributed by atoms with Crippen molar-refractivity contribution in [3.8, 4) is 0 Å². The summed E-state index contributed by atoms with van der Waals surface area (Å²) in [4.78, 5) is 12.1. The van der Waals surface area contributed by atoms with E-state index in [2.05, 4.69) is 10.4 Å². The molecular weight excluding hydrogens is 349 g/mol. The number of rotatable bonds is 5. The molecule has 1 aromatic heterocycles. The van der Waals surface area contributed by atoms with E-state index in [0.29, 0.717) is 27.3 Å². The van der Waals surface area contributed by atoms with E-state index < -0.39 is 0 Å². The second kappa shape index (κ2) is 7.83. The van der Waals surface area contributed by atoms with Crippen LogP contribution in [0.4, 0.5) is 5.82 Å². The Balaban J connectivity index is 1.64. The van der Waals surface area contributed by atoms with Gasteiger partial charge in [0.25, 0.3) is 0 Å². The van der Waals surface area contributed by atoms with Crippen molar-refractivity contribution in [3.63, 3.8) is 0 Å².